The van der Waals surface area contributed by atoms with E-state index in [0.29, 0.717) is 19.0 Å². The van der Waals surface area contributed by atoms with E-state index in [4.69, 9.17) is 9.79 Å². The van der Waals surface area contributed by atoms with Crippen LogP contribution in [0.15, 0.2) is 25.3 Å². The maximum absolute atomic E-state index is 10.8. The molecule has 0 aromatic rings. The number of unbranched alkanes of at least 4 members (excludes halogenated alkanes) is 2. The first kappa shape index (κ1) is 25.2. The molecular weight excluding hydrogens is 352 g/mol. The normalized spacial score (nSPS) is 15.0. The Balaban J connectivity index is 0. The molecule has 0 radical (unpaired) electrons. The monoisotopic (exact) mass is 381 g/mol. The first-order valence-corrected chi connectivity index (χ1v) is 12.1. The molecule has 0 saturated heterocycles. The Hall–Kier alpha value is -1.00. The minimum absolute atomic E-state index is 0.0451. The summed E-state index contributed by atoms with van der Waals surface area (Å²) in [7, 11) is -5.82. The van der Waals surface area contributed by atoms with Crippen LogP contribution in [0, 0.1) is 0 Å². The maximum atomic E-state index is 10.8. The first-order valence-electron chi connectivity index (χ1n) is 7.55. The quantitative estimate of drug-likeness (QED) is 0.287. The van der Waals surface area contributed by atoms with E-state index < -0.39 is 14.7 Å². The third-order valence-electron chi connectivity index (χ3n) is 2.74. The van der Waals surface area contributed by atoms with Crippen molar-refractivity contribution in [1.82, 2.24) is 5.32 Å². The fourth-order valence-corrected chi connectivity index (χ4v) is 2.78. The van der Waals surface area contributed by atoms with Gasteiger partial charge in [0.2, 0.25) is 5.91 Å². The highest BCUT2D eigenvalue weighted by Crippen LogP contribution is 2.36. The Morgan fingerprint density at radius 3 is 1.92 bits per heavy atom. The Labute approximate surface area is 144 Å². The summed E-state index contributed by atoms with van der Waals surface area (Å²) in [5.41, 5.74) is 0. The van der Waals surface area contributed by atoms with Crippen molar-refractivity contribution in [2.45, 2.75) is 25.7 Å². The van der Waals surface area contributed by atoms with Crippen molar-refractivity contribution >= 4 is 26.4 Å². The van der Waals surface area contributed by atoms with Crippen molar-refractivity contribution < 1.29 is 28.5 Å². The van der Waals surface area contributed by atoms with Crippen LogP contribution >= 0.6 is 14.7 Å². The summed E-state index contributed by atoms with van der Waals surface area (Å²) in [6, 6.07) is 0. The number of hydrogen-bond acceptors (Lipinski definition) is 4. The lowest BCUT2D eigenvalue weighted by molar-refractivity contribution is -0.116. The SMILES string of the molecule is C=CC(=O)CCCCCP(C)(=O)O.C=CC(=O)NCCP(C)(=O)O. The van der Waals surface area contributed by atoms with E-state index in [1.54, 1.807) is 0 Å². The minimum atomic E-state index is -2.98. The van der Waals surface area contributed by atoms with Crippen LogP contribution < -0.4 is 5.32 Å². The van der Waals surface area contributed by atoms with E-state index in [1.807, 2.05) is 0 Å². The van der Waals surface area contributed by atoms with Gasteiger partial charge in [-0.1, -0.05) is 19.6 Å². The Bertz CT molecular complexity index is 506. The van der Waals surface area contributed by atoms with Gasteiger partial charge in [0.25, 0.3) is 0 Å². The van der Waals surface area contributed by atoms with E-state index in [1.165, 1.54) is 19.4 Å². The summed E-state index contributed by atoms with van der Waals surface area (Å²) in [6.07, 6.45) is 5.73. The molecule has 3 N–H and O–H groups in total. The molecule has 9 heteroatoms. The van der Waals surface area contributed by atoms with Gasteiger partial charge in [0.1, 0.15) is 0 Å². The molecule has 24 heavy (non-hydrogen) atoms. The number of nitrogens with one attached hydrogen (secondary N) is 1. The van der Waals surface area contributed by atoms with Crippen LogP contribution in [0.4, 0.5) is 0 Å². The van der Waals surface area contributed by atoms with Crippen molar-refractivity contribution in [1.29, 1.82) is 0 Å². The van der Waals surface area contributed by atoms with Crippen LogP contribution in [0.3, 0.4) is 0 Å². The zero-order valence-electron chi connectivity index (χ0n) is 14.4. The Morgan fingerprint density at radius 2 is 1.50 bits per heavy atom. The van der Waals surface area contributed by atoms with Crippen LogP contribution in [0.5, 0.6) is 0 Å². The van der Waals surface area contributed by atoms with Crippen LogP contribution in [-0.2, 0) is 18.7 Å². The summed E-state index contributed by atoms with van der Waals surface area (Å²) >= 11 is 0. The molecule has 2 unspecified atom stereocenters. The average Bonchev–Trinajstić information content (AvgIpc) is 2.44. The number of hydrogen-bond donors (Lipinski definition) is 3. The molecule has 0 heterocycles. The van der Waals surface area contributed by atoms with E-state index in [-0.39, 0.29) is 24.4 Å². The number of amides is 1. The number of allylic oxidation sites excluding steroid dienone is 1. The fourth-order valence-electron chi connectivity index (χ4n) is 1.44. The molecule has 0 aromatic heterocycles. The number of carbonyl (C=O) groups is 2. The van der Waals surface area contributed by atoms with Gasteiger partial charge in [-0.25, -0.2) is 0 Å². The molecule has 0 aliphatic heterocycles. The van der Waals surface area contributed by atoms with Gasteiger partial charge in [0.05, 0.1) is 0 Å². The standard InChI is InChI=1S/C9H17O3P.C6H12NO3P/c1-3-9(10)7-5-4-6-8-13(2,11)12;1-3-6(8)7-4-5-11(2,9)10/h3H,1,4-8H2,2H3,(H,11,12);3H,1,4-5H2,2H3,(H,7,8)(H,9,10). The zero-order chi connectivity index (χ0) is 19.2. The Morgan fingerprint density at radius 1 is 0.958 bits per heavy atom. The van der Waals surface area contributed by atoms with Gasteiger partial charge >= 0.3 is 0 Å². The van der Waals surface area contributed by atoms with Crippen LogP contribution in [-0.4, -0.2) is 53.7 Å². The van der Waals surface area contributed by atoms with Gasteiger partial charge < -0.3 is 15.1 Å². The lowest BCUT2D eigenvalue weighted by Gasteiger charge is -2.04. The highest BCUT2D eigenvalue weighted by molar-refractivity contribution is 7.57. The largest absolute Gasteiger partial charge is 0.352 e. The predicted molar refractivity (Wildman–Crippen MR) is 98.1 cm³/mol. The van der Waals surface area contributed by atoms with Crippen LogP contribution in [0.1, 0.15) is 25.7 Å². The van der Waals surface area contributed by atoms with Gasteiger partial charge in [-0.05, 0) is 25.0 Å². The van der Waals surface area contributed by atoms with E-state index >= 15 is 0 Å². The predicted octanol–water partition coefficient (Wildman–Crippen LogP) is 2.39. The van der Waals surface area contributed by atoms with Crippen LogP contribution in [0.25, 0.3) is 0 Å². The molecule has 1 amide bonds. The van der Waals surface area contributed by atoms with Gasteiger partial charge in [-0.3, -0.25) is 18.7 Å². The molecule has 0 fully saturated rings. The second-order valence-electron chi connectivity index (χ2n) is 5.53. The third kappa shape index (κ3) is 23.3. The number of carbonyl (C=O) groups excluding carboxylic acids is 2. The molecule has 0 rings (SSSR count). The molecule has 0 spiro atoms. The minimum Gasteiger partial charge on any atom is -0.352 e. The molecular formula is C15H29NO6P2. The highest BCUT2D eigenvalue weighted by atomic mass is 31.2. The van der Waals surface area contributed by atoms with Crippen molar-refractivity contribution in [3.63, 3.8) is 0 Å². The summed E-state index contributed by atoms with van der Waals surface area (Å²) in [6.45, 7) is 9.43. The van der Waals surface area contributed by atoms with Crippen molar-refractivity contribution in [2.24, 2.45) is 0 Å². The van der Waals surface area contributed by atoms with E-state index in [2.05, 4.69) is 18.5 Å². The van der Waals surface area contributed by atoms with Gasteiger partial charge in [-0.15, -0.1) is 0 Å². The molecule has 2 atom stereocenters. The van der Waals surface area contributed by atoms with Crippen molar-refractivity contribution in [3.8, 4) is 0 Å². The maximum Gasteiger partial charge on any atom is 0.243 e. The van der Waals surface area contributed by atoms with E-state index in [9.17, 15) is 18.7 Å². The molecule has 7 nitrogen and oxygen atoms in total. The average molecular weight is 381 g/mol. The molecule has 0 aliphatic carbocycles. The second kappa shape index (κ2) is 13.3. The van der Waals surface area contributed by atoms with Crippen molar-refractivity contribution in [3.05, 3.63) is 25.3 Å². The molecule has 0 aromatic carbocycles. The number of ketones is 1. The third-order valence-corrected chi connectivity index (χ3v) is 4.93. The summed E-state index contributed by atoms with van der Waals surface area (Å²) < 4.78 is 21.5. The smallest absolute Gasteiger partial charge is 0.243 e. The molecule has 140 valence electrons. The topological polar surface area (TPSA) is 121 Å². The lowest BCUT2D eigenvalue weighted by atomic mass is 10.1. The first-order chi connectivity index (χ1) is 10.9. The summed E-state index contributed by atoms with van der Waals surface area (Å²) in [5, 5.41) is 2.40. The zero-order valence-corrected chi connectivity index (χ0v) is 16.2. The van der Waals surface area contributed by atoms with Crippen LogP contribution in [0.2, 0.25) is 0 Å². The molecule has 0 aliphatic rings. The Kier molecular flexibility index (Phi) is 14.0. The van der Waals surface area contributed by atoms with Gasteiger partial charge in [-0.2, -0.15) is 0 Å². The second-order valence-corrected chi connectivity index (χ2v) is 10.6. The highest BCUT2D eigenvalue weighted by Gasteiger charge is 2.09. The van der Waals surface area contributed by atoms with Gasteiger partial charge in [0.15, 0.2) is 20.5 Å². The molecule has 0 bridgehead atoms. The number of rotatable bonds is 11. The van der Waals surface area contributed by atoms with E-state index in [0.717, 1.165) is 18.9 Å². The summed E-state index contributed by atoms with van der Waals surface area (Å²) in [4.78, 5) is 39.0. The van der Waals surface area contributed by atoms with Gasteiger partial charge in [0, 0.05) is 38.6 Å². The fraction of sp³-hybridized carbons (Fsp3) is 0.600. The molecule has 0 saturated carbocycles. The lowest BCUT2D eigenvalue weighted by Crippen LogP contribution is -2.24. The summed E-state index contributed by atoms with van der Waals surface area (Å²) in [5.74, 6) is -0.276. The van der Waals surface area contributed by atoms with Crippen molar-refractivity contribution in [2.75, 3.05) is 32.2 Å².